The second-order valence-corrected chi connectivity index (χ2v) is 6.77. The first-order valence-electron chi connectivity index (χ1n) is 7.71. The summed E-state index contributed by atoms with van der Waals surface area (Å²) in [5, 5.41) is 8.55. The summed E-state index contributed by atoms with van der Waals surface area (Å²) in [5.74, 6) is 1.22. The third-order valence-electron chi connectivity index (χ3n) is 3.47. The van der Waals surface area contributed by atoms with E-state index in [9.17, 15) is 4.79 Å². The molecule has 0 bridgehead atoms. The molecule has 1 atom stereocenters. The summed E-state index contributed by atoms with van der Waals surface area (Å²) in [7, 11) is 0. The number of hydrogen-bond donors (Lipinski definition) is 1. The van der Waals surface area contributed by atoms with E-state index in [0.717, 1.165) is 6.42 Å². The lowest BCUT2D eigenvalue weighted by Crippen LogP contribution is -2.12. The Balaban J connectivity index is 1.62. The van der Waals surface area contributed by atoms with Gasteiger partial charge in [0.15, 0.2) is 0 Å². The Hall–Kier alpha value is -2.41. The van der Waals surface area contributed by atoms with Gasteiger partial charge < -0.3 is 9.40 Å². The van der Waals surface area contributed by atoms with Gasteiger partial charge in [0.2, 0.25) is 5.89 Å². The van der Waals surface area contributed by atoms with Gasteiger partial charge in [-0.2, -0.15) is 0 Å². The van der Waals surface area contributed by atoms with Gasteiger partial charge in [0.1, 0.15) is 5.82 Å². The fraction of sp³-hybridized carbons (Fsp3) is 0.294. The van der Waals surface area contributed by atoms with Crippen LogP contribution in [0.15, 0.2) is 50.8 Å². The van der Waals surface area contributed by atoms with Gasteiger partial charge in [0.05, 0.1) is 5.25 Å². The van der Waals surface area contributed by atoms with Crippen LogP contribution in [0.25, 0.3) is 0 Å². The number of H-pyrrole nitrogens is 1. The van der Waals surface area contributed by atoms with Gasteiger partial charge in [-0.1, -0.05) is 42.1 Å². The van der Waals surface area contributed by atoms with Crippen LogP contribution in [0.5, 0.6) is 0 Å². The molecule has 1 aromatic carbocycles. The SMILES string of the molecule is Cc1cc(=O)[nH]c(C(C)Sc2nnc(CCc3ccccc3)o2)n1. The number of aromatic amines is 1. The molecule has 0 aliphatic carbocycles. The highest BCUT2D eigenvalue weighted by Crippen LogP contribution is 2.31. The molecule has 124 valence electrons. The highest BCUT2D eigenvalue weighted by atomic mass is 32.2. The standard InChI is InChI=1S/C17H18N4O2S/c1-11-10-14(22)19-16(18-11)12(2)24-17-21-20-15(23-17)9-8-13-6-4-3-5-7-13/h3-7,10,12H,8-9H2,1-2H3,(H,18,19,22). The van der Waals surface area contributed by atoms with E-state index in [-0.39, 0.29) is 10.8 Å². The number of rotatable bonds is 6. The monoisotopic (exact) mass is 342 g/mol. The summed E-state index contributed by atoms with van der Waals surface area (Å²) < 4.78 is 5.68. The smallest absolute Gasteiger partial charge is 0.277 e. The zero-order valence-electron chi connectivity index (χ0n) is 13.5. The Morgan fingerprint density at radius 3 is 2.75 bits per heavy atom. The molecule has 24 heavy (non-hydrogen) atoms. The van der Waals surface area contributed by atoms with E-state index in [4.69, 9.17) is 4.42 Å². The first-order chi connectivity index (χ1) is 11.6. The number of hydrogen-bond acceptors (Lipinski definition) is 6. The summed E-state index contributed by atoms with van der Waals surface area (Å²) >= 11 is 1.38. The van der Waals surface area contributed by atoms with Crippen LogP contribution in [0.2, 0.25) is 0 Å². The second kappa shape index (κ2) is 7.44. The lowest BCUT2D eigenvalue weighted by atomic mass is 10.1. The maximum absolute atomic E-state index is 11.5. The van der Waals surface area contributed by atoms with Crippen molar-refractivity contribution in [3.05, 3.63) is 69.7 Å². The van der Waals surface area contributed by atoms with Gasteiger partial charge in [0.25, 0.3) is 10.8 Å². The number of nitrogens with zero attached hydrogens (tertiary/aromatic N) is 3. The topological polar surface area (TPSA) is 84.7 Å². The maximum Gasteiger partial charge on any atom is 0.277 e. The number of nitrogens with one attached hydrogen (secondary N) is 1. The molecular formula is C17H18N4O2S. The molecule has 6 nitrogen and oxygen atoms in total. The maximum atomic E-state index is 11.5. The fourth-order valence-corrected chi connectivity index (χ4v) is 3.04. The molecule has 1 unspecified atom stereocenters. The van der Waals surface area contributed by atoms with E-state index in [1.807, 2.05) is 25.1 Å². The van der Waals surface area contributed by atoms with Crippen LogP contribution in [0.3, 0.4) is 0 Å². The first-order valence-corrected chi connectivity index (χ1v) is 8.59. The number of aromatic nitrogens is 4. The van der Waals surface area contributed by atoms with Gasteiger partial charge in [-0.25, -0.2) is 4.98 Å². The number of benzene rings is 1. The first kappa shape index (κ1) is 16.4. The molecule has 0 amide bonds. The second-order valence-electron chi connectivity index (χ2n) is 5.48. The average Bonchev–Trinajstić information content (AvgIpc) is 3.00. The van der Waals surface area contributed by atoms with Crippen LogP contribution in [0.4, 0.5) is 0 Å². The van der Waals surface area contributed by atoms with E-state index < -0.39 is 0 Å². The quantitative estimate of drug-likeness (QED) is 0.693. The van der Waals surface area contributed by atoms with E-state index in [1.165, 1.54) is 23.4 Å². The molecule has 0 fully saturated rings. The van der Waals surface area contributed by atoms with Gasteiger partial charge in [-0.05, 0) is 25.8 Å². The van der Waals surface area contributed by atoms with Crippen molar-refractivity contribution in [2.75, 3.05) is 0 Å². The zero-order chi connectivity index (χ0) is 16.9. The summed E-state index contributed by atoms with van der Waals surface area (Å²) in [4.78, 5) is 18.6. The van der Waals surface area contributed by atoms with Crippen molar-refractivity contribution in [3.63, 3.8) is 0 Å². The molecule has 0 aliphatic rings. The van der Waals surface area contributed by atoms with Crippen molar-refractivity contribution in [2.24, 2.45) is 0 Å². The number of aryl methyl sites for hydroxylation is 3. The Morgan fingerprint density at radius 2 is 2.00 bits per heavy atom. The van der Waals surface area contributed by atoms with Crippen LogP contribution in [-0.4, -0.2) is 20.2 Å². The van der Waals surface area contributed by atoms with Crippen LogP contribution in [0.1, 0.15) is 35.1 Å². The molecular weight excluding hydrogens is 324 g/mol. The molecule has 0 radical (unpaired) electrons. The Bertz CT molecular complexity index is 860. The lowest BCUT2D eigenvalue weighted by Gasteiger charge is -2.07. The van der Waals surface area contributed by atoms with Crippen LogP contribution in [0, 0.1) is 6.92 Å². The van der Waals surface area contributed by atoms with E-state index in [1.54, 1.807) is 6.92 Å². The van der Waals surface area contributed by atoms with Gasteiger partial charge in [-0.15, -0.1) is 10.2 Å². The highest BCUT2D eigenvalue weighted by molar-refractivity contribution is 7.99. The van der Waals surface area contributed by atoms with Gasteiger partial charge >= 0.3 is 0 Å². The van der Waals surface area contributed by atoms with E-state index in [2.05, 4.69) is 32.3 Å². The van der Waals surface area contributed by atoms with Crippen molar-refractivity contribution >= 4 is 11.8 Å². The minimum atomic E-state index is -0.154. The van der Waals surface area contributed by atoms with Gasteiger partial charge in [0, 0.05) is 18.2 Å². The predicted octanol–water partition coefficient (Wildman–Crippen LogP) is 3.10. The fourth-order valence-electron chi connectivity index (χ4n) is 2.28. The molecule has 3 aromatic rings. The molecule has 3 rings (SSSR count). The molecule has 2 aromatic heterocycles. The lowest BCUT2D eigenvalue weighted by molar-refractivity contribution is 0.412. The van der Waals surface area contributed by atoms with Crippen molar-refractivity contribution in [1.82, 2.24) is 20.2 Å². The normalized spacial score (nSPS) is 12.2. The molecule has 0 saturated heterocycles. The zero-order valence-corrected chi connectivity index (χ0v) is 14.3. The third-order valence-corrected chi connectivity index (χ3v) is 4.41. The Labute approximate surface area is 143 Å². The predicted molar refractivity (Wildman–Crippen MR) is 92.0 cm³/mol. The van der Waals surface area contributed by atoms with Crippen LogP contribution in [-0.2, 0) is 12.8 Å². The average molecular weight is 342 g/mol. The van der Waals surface area contributed by atoms with E-state index >= 15 is 0 Å². The Kier molecular flexibility index (Phi) is 5.10. The molecule has 7 heteroatoms. The summed E-state index contributed by atoms with van der Waals surface area (Å²) in [6.45, 7) is 3.74. The third kappa shape index (κ3) is 4.32. The summed E-state index contributed by atoms with van der Waals surface area (Å²) in [6, 6.07) is 11.6. The van der Waals surface area contributed by atoms with Crippen LogP contribution >= 0.6 is 11.8 Å². The minimum Gasteiger partial charge on any atom is -0.416 e. The summed E-state index contributed by atoms with van der Waals surface area (Å²) in [6.07, 6.45) is 1.56. The molecule has 2 heterocycles. The summed E-state index contributed by atoms with van der Waals surface area (Å²) in [5.41, 5.74) is 1.77. The van der Waals surface area contributed by atoms with Crippen molar-refractivity contribution in [2.45, 2.75) is 37.2 Å². The molecule has 0 spiro atoms. The Morgan fingerprint density at radius 1 is 1.21 bits per heavy atom. The highest BCUT2D eigenvalue weighted by Gasteiger charge is 2.15. The van der Waals surface area contributed by atoms with Crippen LogP contribution < -0.4 is 5.56 Å². The van der Waals surface area contributed by atoms with Gasteiger partial charge in [-0.3, -0.25) is 4.79 Å². The number of thioether (sulfide) groups is 1. The van der Waals surface area contributed by atoms with Crippen molar-refractivity contribution in [1.29, 1.82) is 0 Å². The molecule has 0 saturated carbocycles. The van der Waals surface area contributed by atoms with Crippen molar-refractivity contribution in [3.8, 4) is 0 Å². The largest absolute Gasteiger partial charge is 0.416 e. The minimum absolute atomic E-state index is 0.0833. The van der Waals surface area contributed by atoms with Crippen molar-refractivity contribution < 1.29 is 4.42 Å². The molecule has 0 aliphatic heterocycles. The van der Waals surface area contributed by atoms with E-state index in [0.29, 0.717) is 29.1 Å². The molecule has 1 N–H and O–H groups in total.